The SMILES string of the molecule is CCCC(C)COC(c1ccc(Cl)cc1)C(N)CC. The molecule has 0 aromatic heterocycles. The smallest absolute Gasteiger partial charge is 0.0975 e. The van der Waals surface area contributed by atoms with Gasteiger partial charge in [0.15, 0.2) is 0 Å². The predicted molar refractivity (Wildman–Crippen MR) is 82.5 cm³/mol. The molecule has 0 aliphatic heterocycles. The molecule has 1 aromatic carbocycles. The maximum absolute atomic E-state index is 6.19. The normalized spacial score (nSPS) is 16.1. The fraction of sp³-hybridized carbons (Fsp3) is 0.625. The topological polar surface area (TPSA) is 35.2 Å². The summed E-state index contributed by atoms with van der Waals surface area (Å²) in [6.45, 7) is 7.27. The zero-order valence-electron chi connectivity index (χ0n) is 12.2. The summed E-state index contributed by atoms with van der Waals surface area (Å²) in [4.78, 5) is 0. The third-order valence-electron chi connectivity index (χ3n) is 3.40. The molecule has 0 fully saturated rings. The quantitative estimate of drug-likeness (QED) is 0.758. The van der Waals surface area contributed by atoms with Gasteiger partial charge in [0.25, 0.3) is 0 Å². The molecule has 0 heterocycles. The van der Waals surface area contributed by atoms with Crippen LogP contribution in [-0.4, -0.2) is 12.6 Å². The summed E-state index contributed by atoms with van der Waals surface area (Å²) < 4.78 is 6.07. The third-order valence-corrected chi connectivity index (χ3v) is 3.65. The van der Waals surface area contributed by atoms with Crippen molar-refractivity contribution in [2.75, 3.05) is 6.61 Å². The van der Waals surface area contributed by atoms with Crippen LogP contribution >= 0.6 is 11.6 Å². The van der Waals surface area contributed by atoms with Crippen molar-refractivity contribution in [1.82, 2.24) is 0 Å². The molecule has 2 nitrogen and oxygen atoms in total. The van der Waals surface area contributed by atoms with Gasteiger partial charge in [0.1, 0.15) is 0 Å². The molecule has 0 saturated heterocycles. The van der Waals surface area contributed by atoms with E-state index in [1.165, 1.54) is 12.8 Å². The van der Waals surface area contributed by atoms with Crippen LogP contribution in [0.3, 0.4) is 0 Å². The molecule has 0 amide bonds. The van der Waals surface area contributed by atoms with E-state index in [2.05, 4.69) is 20.8 Å². The molecule has 3 atom stereocenters. The fourth-order valence-electron chi connectivity index (χ4n) is 2.18. The monoisotopic (exact) mass is 283 g/mol. The molecule has 0 radical (unpaired) electrons. The highest BCUT2D eigenvalue weighted by atomic mass is 35.5. The van der Waals surface area contributed by atoms with E-state index in [1.807, 2.05) is 24.3 Å². The van der Waals surface area contributed by atoms with Gasteiger partial charge in [-0.25, -0.2) is 0 Å². The molecule has 0 aliphatic carbocycles. The van der Waals surface area contributed by atoms with Crippen molar-refractivity contribution in [3.05, 3.63) is 34.9 Å². The molecule has 1 rings (SSSR count). The summed E-state index contributed by atoms with van der Waals surface area (Å²) in [6.07, 6.45) is 3.24. The van der Waals surface area contributed by atoms with Crippen molar-refractivity contribution in [3.63, 3.8) is 0 Å². The minimum absolute atomic E-state index is 0.0232. The van der Waals surface area contributed by atoms with Gasteiger partial charge in [-0.1, -0.05) is 50.9 Å². The molecule has 0 spiro atoms. The molecule has 3 unspecified atom stereocenters. The second-order valence-electron chi connectivity index (χ2n) is 5.27. The third kappa shape index (κ3) is 5.52. The lowest BCUT2D eigenvalue weighted by molar-refractivity contribution is 0.0131. The van der Waals surface area contributed by atoms with Gasteiger partial charge >= 0.3 is 0 Å². The molecule has 0 aliphatic rings. The lowest BCUT2D eigenvalue weighted by Crippen LogP contribution is -2.30. The number of nitrogens with two attached hydrogens (primary N) is 1. The second kappa shape index (κ2) is 8.57. The van der Waals surface area contributed by atoms with Crippen LogP contribution in [0.1, 0.15) is 51.7 Å². The van der Waals surface area contributed by atoms with Gasteiger partial charge in [-0.15, -0.1) is 0 Å². The highest BCUT2D eigenvalue weighted by molar-refractivity contribution is 6.30. The average Bonchev–Trinajstić information content (AvgIpc) is 2.41. The molecule has 0 bridgehead atoms. The molecule has 19 heavy (non-hydrogen) atoms. The van der Waals surface area contributed by atoms with Crippen LogP contribution in [0, 0.1) is 5.92 Å². The number of rotatable bonds is 8. The Hall–Kier alpha value is -0.570. The van der Waals surface area contributed by atoms with E-state index < -0.39 is 0 Å². The maximum atomic E-state index is 6.19. The van der Waals surface area contributed by atoms with E-state index in [0.29, 0.717) is 5.92 Å². The summed E-state index contributed by atoms with van der Waals surface area (Å²) in [5.41, 5.74) is 7.30. The minimum atomic E-state index is -0.0402. The Kier molecular flexibility index (Phi) is 7.44. The summed E-state index contributed by atoms with van der Waals surface area (Å²) in [5.74, 6) is 0.573. The van der Waals surface area contributed by atoms with Crippen LogP contribution in [0.4, 0.5) is 0 Å². The van der Waals surface area contributed by atoms with E-state index >= 15 is 0 Å². The molecule has 2 N–H and O–H groups in total. The largest absolute Gasteiger partial charge is 0.372 e. The highest BCUT2D eigenvalue weighted by Crippen LogP contribution is 2.25. The number of ether oxygens (including phenoxy) is 1. The van der Waals surface area contributed by atoms with Crippen LogP contribution in [0.15, 0.2) is 24.3 Å². The van der Waals surface area contributed by atoms with Crippen LogP contribution in [-0.2, 0) is 4.74 Å². The molecular formula is C16H26ClNO. The number of halogens is 1. The first-order chi connectivity index (χ1) is 9.08. The molecule has 3 heteroatoms. The van der Waals surface area contributed by atoms with Gasteiger partial charge in [-0.05, 0) is 36.5 Å². The summed E-state index contributed by atoms with van der Waals surface area (Å²) >= 11 is 5.93. The zero-order valence-corrected chi connectivity index (χ0v) is 13.0. The zero-order chi connectivity index (χ0) is 14.3. The van der Waals surface area contributed by atoms with Crippen molar-refractivity contribution < 1.29 is 4.74 Å². The van der Waals surface area contributed by atoms with Gasteiger partial charge in [-0.3, -0.25) is 0 Å². The number of hydrogen-bond donors (Lipinski definition) is 1. The molecule has 108 valence electrons. The van der Waals surface area contributed by atoms with Crippen LogP contribution in [0.2, 0.25) is 5.02 Å². The van der Waals surface area contributed by atoms with Gasteiger partial charge < -0.3 is 10.5 Å². The standard InChI is InChI=1S/C16H26ClNO/c1-4-6-12(3)11-19-16(15(18)5-2)13-7-9-14(17)10-8-13/h7-10,12,15-16H,4-6,11,18H2,1-3H3. The van der Waals surface area contributed by atoms with E-state index in [1.54, 1.807) is 0 Å². The molecular weight excluding hydrogens is 258 g/mol. The van der Waals surface area contributed by atoms with Crippen molar-refractivity contribution in [1.29, 1.82) is 0 Å². The van der Waals surface area contributed by atoms with Crippen LogP contribution in [0.5, 0.6) is 0 Å². The summed E-state index contributed by atoms with van der Waals surface area (Å²) in [6, 6.07) is 7.82. The first-order valence-electron chi connectivity index (χ1n) is 7.21. The second-order valence-corrected chi connectivity index (χ2v) is 5.71. The molecule has 1 aromatic rings. The Morgan fingerprint density at radius 2 is 1.84 bits per heavy atom. The summed E-state index contributed by atoms with van der Waals surface area (Å²) in [7, 11) is 0. The van der Waals surface area contributed by atoms with Crippen molar-refractivity contribution >= 4 is 11.6 Å². The minimum Gasteiger partial charge on any atom is -0.372 e. The predicted octanol–water partition coefficient (Wildman–Crippen LogP) is 4.57. The van der Waals surface area contributed by atoms with E-state index in [0.717, 1.165) is 23.6 Å². The van der Waals surface area contributed by atoms with Crippen LogP contribution in [0.25, 0.3) is 0 Å². The Morgan fingerprint density at radius 3 is 2.37 bits per heavy atom. The molecule has 0 saturated carbocycles. The van der Waals surface area contributed by atoms with Crippen molar-refractivity contribution in [2.45, 2.75) is 52.2 Å². The number of benzene rings is 1. The lowest BCUT2D eigenvalue weighted by atomic mass is 10.0. The Bertz CT molecular complexity index is 352. The Morgan fingerprint density at radius 1 is 1.21 bits per heavy atom. The van der Waals surface area contributed by atoms with Gasteiger partial charge in [0.2, 0.25) is 0 Å². The number of hydrogen-bond acceptors (Lipinski definition) is 2. The fourth-order valence-corrected chi connectivity index (χ4v) is 2.30. The van der Waals surface area contributed by atoms with E-state index in [-0.39, 0.29) is 12.1 Å². The van der Waals surface area contributed by atoms with Gasteiger partial charge in [0.05, 0.1) is 12.7 Å². The van der Waals surface area contributed by atoms with E-state index in [4.69, 9.17) is 22.1 Å². The Balaban J connectivity index is 2.69. The van der Waals surface area contributed by atoms with Gasteiger partial charge in [0, 0.05) is 11.1 Å². The van der Waals surface area contributed by atoms with Crippen LogP contribution < -0.4 is 5.73 Å². The summed E-state index contributed by atoms with van der Waals surface area (Å²) in [5, 5.41) is 0.743. The lowest BCUT2D eigenvalue weighted by Gasteiger charge is -2.25. The highest BCUT2D eigenvalue weighted by Gasteiger charge is 2.20. The van der Waals surface area contributed by atoms with Gasteiger partial charge in [-0.2, -0.15) is 0 Å². The average molecular weight is 284 g/mol. The van der Waals surface area contributed by atoms with E-state index in [9.17, 15) is 0 Å². The Labute approximate surface area is 122 Å². The van der Waals surface area contributed by atoms with Crippen molar-refractivity contribution in [3.8, 4) is 0 Å². The van der Waals surface area contributed by atoms with Crippen molar-refractivity contribution in [2.24, 2.45) is 11.7 Å². The maximum Gasteiger partial charge on any atom is 0.0975 e. The first kappa shape index (κ1) is 16.5. The first-order valence-corrected chi connectivity index (χ1v) is 7.58.